The summed E-state index contributed by atoms with van der Waals surface area (Å²) in [5.74, 6) is 11.3. The highest BCUT2D eigenvalue weighted by Gasteiger charge is 2.69. The predicted molar refractivity (Wildman–Crippen MR) is 297 cm³/mol. The second-order valence-corrected chi connectivity index (χ2v) is 24.0. The summed E-state index contributed by atoms with van der Waals surface area (Å²) in [4.78, 5) is 0. The van der Waals surface area contributed by atoms with E-state index in [0.717, 1.165) is 71.0 Å². The molecule has 12 atom stereocenters. The van der Waals surface area contributed by atoms with Crippen LogP contribution in [-0.2, 0) is 0 Å². The zero-order valence-corrected chi connectivity index (χ0v) is 41.7. The van der Waals surface area contributed by atoms with E-state index >= 15 is 0 Å². The van der Waals surface area contributed by atoms with E-state index < -0.39 is 0 Å². The van der Waals surface area contributed by atoms with Crippen LogP contribution in [0.5, 0.6) is 0 Å². The minimum Gasteiger partial charge on any atom is -0.0622 e. The van der Waals surface area contributed by atoms with Gasteiger partial charge in [-0.3, -0.25) is 0 Å². The van der Waals surface area contributed by atoms with Gasteiger partial charge in [-0.05, 0) is 213 Å². The van der Waals surface area contributed by atoms with E-state index in [2.05, 4.69) is 218 Å². The van der Waals surface area contributed by atoms with Crippen LogP contribution in [0.25, 0.3) is 44.5 Å². The molecule has 0 aromatic heterocycles. The number of fused-ring (bicyclic) bond motifs is 2. The lowest BCUT2D eigenvalue weighted by Gasteiger charge is -2.68. The topological polar surface area (TPSA) is 0 Å². The average Bonchev–Trinajstić information content (AvgIpc) is 4.13. The lowest BCUT2D eigenvalue weighted by atomic mass is 9.36. The molecule has 0 nitrogen and oxygen atoms in total. The average molecular weight is 933 g/mol. The smallest absolute Gasteiger partial charge is 0.0122 e. The Bertz CT molecular complexity index is 2780. The SMILES string of the molecule is c1ccc(-c2ccccc2C2CC3C4CC(c5ccccc5-c5ccccc5)C5CCC6C(c7ccccc7-c7ccccc7)CC(C7CC(c8ccccc8-c8ccccc8)C8CCC2C8C37)C4C56)cc1. The quantitative estimate of drug-likeness (QED) is 0.142. The zero-order chi connectivity index (χ0) is 47.3. The van der Waals surface area contributed by atoms with Crippen molar-refractivity contribution in [2.45, 2.75) is 75.0 Å². The zero-order valence-electron chi connectivity index (χ0n) is 41.7. The molecule has 7 saturated carbocycles. The minimum absolute atomic E-state index is 0.583. The maximum Gasteiger partial charge on any atom is -0.0122 e. The summed E-state index contributed by atoms with van der Waals surface area (Å²) in [6, 6.07) is 85.0. The molecule has 0 amide bonds. The van der Waals surface area contributed by atoms with Crippen molar-refractivity contribution in [1.29, 1.82) is 0 Å². The Labute approximate surface area is 429 Å². The van der Waals surface area contributed by atoms with Crippen LogP contribution in [0, 0.1) is 71.0 Å². The van der Waals surface area contributed by atoms with E-state index in [1.165, 1.54) is 95.9 Å². The Hall–Kier alpha value is -6.24. The molecule has 7 aliphatic rings. The molecule has 72 heavy (non-hydrogen) atoms. The largest absolute Gasteiger partial charge is 0.0622 e. The monoisotopic (exact) mass is 933 g/mol. The van der Waals surface area contributed by atoms with Crippen LogP contribution in [0.1, 0.15) is 97.3 Å². The van der Waals surface area contributed by atoms with Crippen molar-refractivity contribution < 1.29 is 0 Å². The third-order valence-corrected chi connectivity index (χ3v) is 21.6. The lowest BCUT2D eigenvalue weighted by molar-refractivity contribution is -0.180. The van der Waals surface area contributed by atoms with Crippen molar-refractivity contribution in [2.24, 2.45) is 71.0 Å². The van der Waals surface area contributed by atoms with Crippen LogP contribution in [-0.4, -0.2) is 0 Å². The highest BCUT2D eigenvalue weighted by atomic mass is 14.7. The van der Waals surface area contributed by atoms with Gasteiger partial charge in [0.25, 0.3) is 0 Å². The van der Waals surface area contributed by atoms with Gasteiger partial charge in [-0.25, -0.2) is 0 Å². The first kappa shape index (κ1) is 43.4. The van der Waals surface area contributed by atoms with Crippen LogP contribution in [0.4, 0.5) is 0 Å². The van der Waals surface area contributed by atoms with Crippen LogP contribution < -0.4 is 0 Å². The molecule has 12 unspecified atom stereocenters. The molecular formula is C72H68. The van der Waals surface area contributed by atoms with E-state index in [4.69, 9.17) is 0 Å². The summed E-state index contributed by atoms with van der Waals surface area (Å²) in [6.45, 7) is 0. The summed E-state index contributed by atoms with van der Waals surface area (Å²) < 4.78 is 0. The first-order valence-electron chi connectivity index (χ1n) is 28.3. The van der Waals surface area contributed by atoms with Gasteiger partial charge in [0.1, 0.15) is 0 Å². The second kappa shape index (κ2) is 17.8. The molecule has 0 saturated heterocycles. The summed E-state index contributed by atoms with van der Waals surface area (Å²) in [5, 5.41) is 0. The van der Waals surface area contributed by atoms with Gasteiger partial charge in [0.15, 0.2) is 0 Å². The van der Waals surface area contributed by atoms with Crippen molar-refractivity contribution >= 4 is 0 Å². The van der Waals surface area contributed by atoms with Gasteiger partial charge >= 0.3 is 0 Å². The molecule has 7 fully saturated rings. The van der Waals surface area contributed by atoms with Gasteiger partial charge in [-0.2, -0.15) is 0 Å². The molecule has 0 radical (unpaired) electrons. The molecule has 15 rings (SSSR count). The molecule has 0 heteroatoms. The second-order valence-electron chi connectivity index (χ2n) is 24.0. The van der Waals surface area contributed by atoms with Crippen LogP contribution in [0.3, 0.4) is 0 Å². The first-order chi connectivity index (χ1) is 35.8. The Morgan fingerprint density at radius 1 is 0.194 bits per heavy atom. The molecule has 8 aromatic carbocycles. The van der Waals surface area contributed by atoms with Gasteiger partial charge in [-0.1, -0.05) is 218 Å². The minimum atomic E-state index is 0.583. The molecule has 8 aromatic rings. The summed E-state index contributed by atoms with van der Waals surface area (Å²) in [7, 11) is 0. The van der Waals surface area contributed by atoms with E-state index in [9.17, 15) is 0 Å². The molecule has 356 valence electrons. The van der Waals surface area contributed by atoms with Gasteiger partial charge in [0.2, 0.25) is 0 Å². The van der Waals surface area contributed by atoms with Crippen LogP contribution in [0.2, 0.25) is 0 Å². The number of rotatable bonds is 8. The van der Waals surface area contributed by atoms with Gasteiger partial charge in [0.05, 0.1) is 0 Å². The highest BCUT2D eigenvalue weighted by Crippen LogP contribution is 2.77. The number of benzene rings is 8. The van der Waals surface area contributed by atoms with Crippen molar-refractivity contribution in [3.63, 3.8) is 0 Å². The third kappa shape index (κ3) is 6.83. The fourth-order valence-corrected chi connectivity index (χ4v) is 19.5. The number of hydrogen-bond donors (Lipinski definition) is 0. The van der Waals surface area contributed by atoms with Gasteiger partial charge in [-0.15, -0.1) is 0 Å². The number of hydrogen-bond acceptors (Lipinski definition) is 0. The maximum atomic E-state index is 2.59. The normalized spacial score (nSPS) is 33.7. The van der Waals surface area contributed by atoms with Crippen LogP contribution in [0.15, 0.2) is 218 Å². The van der Waals surface area contributed by atoms with Gasteiger partial charge < -0.3 is 0 Å². The van der Waals surface area contributed by atoms with E-state index in [0.29, 0.717) is 23.7 Å². The van der Waals surface area contributed by atoms with Crippen molar-refractivity contribution in [3.05, 3.63) is 241 Å². The molecule has 0 aliphatic heterocycles. The summed E-state index contributed by atoms with van der Waals surface area (Å²) >= 11 is 0. The highest BCUT2D eigenvalue weighted by molar-refractivity contribution is 5.71. The fraction of sp³-hybridized carbons (Fsp3) is 0.333. The molecule has 0 N–H and O–H groups in total. The van der Waals surface area contributed by atoms with Crippen LogP contribution >= 0.6 is 0 Å². The Morgan fingerprint density at radius 3 is 0.625 bits per heavy atom. The fourth-order valence-electron chi connectivity index (χ4n) is 19.5. The summed E-state index contributed by atoms with van der Waals surface area (Å²) in [5.41, 5.74) is 18.1. The van der Waals surface area contributed by atoms with E-state index in [1.54, 1.807) is 22.3 Å². The van der Waals surface area contributed by atoms with Crippen molar-refractivity contribution in [2.75, 3.05) is 0 Å². The molecule has 0 spiro atoms. The molecule has 7 aliphatic carbocycles. The van der Waals surface area contributed by atoms with Gasteiger partial charge in [0, 0.05) is 0 Å². The first-order valence-corrected chi connectivity index (χ1v) is 28.3. The Morgan fingerprint density at radius 2 is 0.389 bits per heavy atom. The third-order valence-electron chi connectivity index (χ3n) is 21.6. The van der Waals surface area contributed by atoms with Crippen molar-refractivity contribution in [1.82, 2.24) is 0 Å². The predicted octanol–water partition coefficient (Wildman–Crippen LogP) is 18.4. The Kier molecular flexibility index (Phi) is 10.7. The summed E-state index contributed by atoms with van der Waals surface area (Å²) in [6.07, 6.45) is 11.0. The standard InChI is InChI=1S/C72H68/c1-5-21-45(22-6-1)49-29-13-17-33-53(49)61-41-65-66-42-63(55-35-19-15-31-51(55)47-25-9-3-10-26-47)59-39-40-60-64(56-36-20-16-32-52(56)48-27-11-4-12-28-48)44-68(72(66)70(59)60)67-43-62(58-38-37-57(61)69(58)71(65)67)54-34-18-14-30-50(54)46-23-7-2-8-24-46/h1-36,57-72H,37-44H2. The molecule has 0 bridgehead atoms. The Balaban J connectivity index is 0.931. The molecular weight excluding hydrogens is 865 g/mol. The lowest BCUT2D eigenvalue weighted by Crippen LogP contribution is -2.62. The van der Waals surface area contributed by atoms with E-state index in [1.807, 2.05) is 0 Å². The van der Waals surface area contributed by atoms with Crippen molar-refractivity contribution in [3.8, 4) is 44.5 Å². The molecule has 0 heterocycles. The maximum absolute atomic E-state index is 2.59. The van der Waals surface area contributed by atoms with E-state index in [-0.39, 0.29) is 0 Å².